The highest BCUT2D eigenvalue weighted by Crippen LogP contribution is 2.34. The molecular weight excluding hydrogens is 393 g/mol. The molecule has 1 fully saturated rings. The van der Waals surface area contributed by atoms with Crippen LogP contribution in [0.2, 0.25) is 10.2 Å². The van der Waals surface area contributed by atoms with Gasteiger partial charge in [-0.3, -0.25) is 0 Å². The topological polar surface area (TPSA) is 54.8 Å². The van der Waals surface area contributed by atoms with Crippen molar-refractivity contribution in [1.29, 1.82) is 0 Å². The Labute approximate surface area is 164 Å². The minimum Gasteiger partial charge on any atom is -0.402 e. The van der Waals surface area contributed by atoms with E-state index in [0.717, 1.165) is 31.1 Å². The SMILES string of the molecule is O=C1OC(c2ccccc2Cl)=NC1=Cc1sc(N2CCCCC2)nc1Cl. The highest BCUT2D eigenvalue weighted by atomic mass is 35.5. The van der Waals surface area contributed by atoms with Crippen molar-refractivity contribution < 1.29 is 9.53 Å². The standard InChI is InChI=1S/C18H15Cl2N3O2S/c19-12-7-3-2-6-11(12)16-21-13(17(24)25-16)10-14-15(20)22-18(26-14)23-8-4-1-5-9-23/h2-3,6-7,10H,1,4-5,8-9H2. The van der Waals surface area contributed by atoms with Gasteiger partial charge in [0.05, 0.1) is 15.5 Å². The molecule has 0 bridgehead atoms. The van der Waals surface area contributed by atoms with E-state index in [0.29, 0.717) is 20.6 Å². The number of hydrogen-bond donors (Lipinski definition) is 0. The summed E-state index contributed by atoms with van der Waals surface area (Å²) in [5.74, 6) is -0.326. The molecular formula is C18H15Cl2N3O2S. The molecule has 26 heavy (non-hydrogen) atoms. The zero-order chi connectivity index (χ0) is 18.1. The average Bonchev–Trinajstić information content (AvgIpc) is 3.20. The molecule has 2 aliphatic rings. The molecule has 0 amide bonds. The molecule has 0 saturated carbocycles. The van der Waals surface area contributed by atoms with Gasteiger partial charge in [0.25, 0.3) is 0 Å². The van der Waals surface area contributed by atoms with E-state index in [4.69, 9.17) is 27.9 Å². The van der Waals surface area contributed by atoms with Crippen molar-refractivity contribution in [2.75, 3.05) is 18.0 Å². The third-order valence-corrected chi connectivity index (χ3v) is 6.01. The average molecular weight is 408 g/mol. The number of carbonyl (C=O) groups is 1. The van der Waals surface area contributed by atoms with Crippen molar-refractivity contribution in [2.24, 2.45) is 4.99 Å². The second kappa shape index (κ2) is 7.39. The number of aromatic nitrogens is 1. The Balaban J connectivity index is 1.63. The van der Waals surface area contributed by atoms with E-state index >= 15 is 0 Å². The number of rotatable bonds is 3. The van der Waals surface area contributed by atoms with Crippen LogP contribution in [0, 0.1) is 0 Å². The molecule has 1 aromatic carbocycles. The summed E-state index contributed by atoms with van der Waals surface area (Å²) in [5, 5.41) is 1.73. The number of esters is 1. The number of ether oxygens (including phenoxy) is 1. The van der Waals surface area contributed by atoms with Crippen LogP contribution in [0.15, 0.2) is 35.0 Å². The Kier molecular flexibility index (Phi) is 4.98. The number of hydrogen-bond acceptors (Lipinski definition) is 6. The number of nitrogens with zero attached hydrogens (tertiary/aromatic N) is 3. The third kappa shape index (κ3) is 3.49. The summed E-state index contributed by atoms with van der Waals surface area (Å²) in [6.07, 6.45) is 5.19. The maximum atomic E-state index is 12.2. The molecule has 0 aliphatic carbocycles. The Morgan fingerprint density at radius 1 is 1.15 bits per heavy atom. The summed E-state index contributed by atoms with van der Waals surface area (Å²) >= 11 is 13.9. The molecule has 0 radical (unpaired) electrons. The maximum absolute atomic E-state index is 12.2. The molecule has 0 unspecified atom stereocenters. The highest BCUT2D eigenvalue weighted by molar-refractivity contribution is 7.17. The fourth-order valence-electron chi connectivity index (χ4n) is 2.90. The first-order chi connectivity index (χ1) is 12.6. The minimum absolute atomic E-state index is 0.190. The Morgan fingerprint density at radius 3 is 2.69 bits per heavy atom. The van der Waals surface area contributed by atoms with Crippen LogP contribution in [-0.4, -0.2) is 29.9 Å². The van der Waals surface area contributed by atoms with Gasteiger partial charge in [-0.15, -0.1) is 0 Å². The highest BCUT2D eigenvalue weighted by Gasteiger charge is 2.26. The number of cyclic esters (lactones) is 1. The van der Waals surface area contributed by atoms with E-state index in [9.17, 15) is 4.79 Å². The first kappa shape index (κ1) is 17.5. The fraction of sp³-hybridized carbons (Fsp3) is 0.278. The van der Waals surface area contributed by atoms with E-state index < -0.39 is 5.97 Å². The predicted octanol–water partition coefficient (Wildman–Crippen LogP) is 4.78. The second-order valence-electron chi connectivity index (χ2n) is 6.02. The number of aliphatic imine (C=N–C) groups is 1. The molecule has 2 aliphatic heterocycles. The molecule has 4 rings (SSSR count). The minimum atomic E-state index is -0.524. The normalized spacial score (nSPS) is 19.0. The molecule has 0 spiro atoms. The van der Waals surface area contributed by atoms with Crippen LogP contribution in [0.4, 0.5) is 5.13 Å². The zero-order valence-corrected chi connectivity index (χ0v) is 16.1. The zero-order valence-electron chi connectivity index (χ0n) is 13.7. The molecule has 0 N–H and O–H groups in total. The van der Waals surface area contributed by atoms with Gasteiger partial charge in [-0.25, -0.2) is 14.8 Å². The summed E-state index contributed by atoms with van der Waals surface area (Å²) in [5.41, 5.74) is 0.769. The molecule has 2 aromatic rings. The van der Waals surface area contributed by atoms with Gasteiger partial charge in [0.1, 0.15) is 5.15 Å². The lowest BCUT2D eigenvalue weighted by molar-refractivity contribution is -0.129. The van der Waals surface area contributed by atoms with Gasteiger partial charge < -0.3 is 9.64 Å². The largest absolute Gasteiger partial charge is 0.402 e. The summed E-state index contributed by atoms with van der Waals surface area (Å²) in [7, 11) is 0. The summed E-state index contributed by atoms with van der Waals surface area (Å²) in [6, 6.07) is 7.09. The van der Waals surface area contributed by atoms with Crippen LogP contribution >= 0.6 is 34.5 Å². The van der Waals surface area contributed by atoms with Crippen LogP contribution < -0.4 is 4.90 Å². The maximum Gasteiger partial charge on any atom is 0.363 e. The Hall–Kier alpha value is -1.89. The number of thiazole rings is 1. The van der Waals surface area contributed by atoms with Gasteiger partial charge in [-0.2, -0.15) is 0 Å². The molecule has 5 nitrogen and oxygen atoms in total. The number of halogens is 2. The van der Waals surface area contributed by atoms with E-state index in [1.807, 2.05) is 6.07 Å². The summed E-state index contributed by atoms with van der Waals surface area (Å²) in [6.45, 7) is 1.97. The van der Waals surface area contributed by atoms with Crippen molar-refractivity contribution in [1.82, 2.24) is 4.98 Å². The smallest absolute Gasteiger partial charge is 0.363 e. The number of benzene rings is 1. The molecule has 3 heterocycles. The van der Waals surface area contributed by atoms with E-state index in [1.165, 1.54) is 17.8 Å². The van der Waals surface area contributed by atoms with E-state index in [-0.39, 0.29) is 11.6 Å². The second-order valence-corrected chi connectivity index (χ2v) is 7.79. The van der Waals surface area contributed by atoms with Crippen molar-refractivity contribution >= 4 is 57.6 Å². The van der Waals surface area contributed by atoms with Gasteiger partial charge in [0.2, 0.25) is 5.90 Å². The lowest BCUT2D eigenvalue weighted by atomic mass is 10.1. The quantitative estimate of drug-likeness (QED) is 0.542. The van der Waals surface area contributed by atoms with E-state index in [1.54, 1.807) is 24.3 Å². The number of carbonyl (C=O) groups excluding carboxylic acids is 1. The number of anilines is 1. The number of piperidine rings is 1. The third-order valence-electron chi connectivity index (χ3n) is 4.22. The van der Waals surface area contributed by atoms with Crippen LogP contribution in [0.5, 0.6) is 0 Å². The molecule has 1 aromatic heterocycles. The van der Waals surface area contributed by atoms with Gasteiger partial charge in [-0.1, -0.05) is 46.7 Å². The van der Waals surface area contributed by atoms with Gasteiger partial charge in [-0.05, 0) is 37.5 Å². The molecule has 8 heteroatoms. The van der Waals surface area contributed by atoms with Gasteiger partial charge in [0, 0.05) is 13.1 Å². The van der Waals surface area contributed by atoms with Gasteiger partial charge in [0.15, 0.2) is 10.8 Å². The predicted molar refractivity (Wildman–Crippen MR) is 105 cm³/mol. The van der Waals surface area contributed by atoms with Crippen LogP contribution in [-0.2, 0) is 9.53 Å². The monoisotopic (exact) mass is 407 g/mol. The molecule has 0 atom stereocenters. The lowest BCUT2D eigenvalue weighted by Crippen LogP contribution is -2.29. The first-order valence-electron chi connectivity index (χ1n) is 8.30. The summed E-state index contributed by atoms with van der Waals surface area (Å²) < 4.78 is 5.27. The van der Waals surface area contributed by atoms with Crippen LogP contribution in [0.1, 0.15) is 29.7 Å². The Morgan fingerprint density at radius 2 is 1.92 bits per heavy atom. The molecule has 1 saturated heterocycles. The van der Waals surface area contributed by atoms with Crippen LogP contribution in [0.3, 0.4) is 0 Å². The van der Waals surface area contributed by atoms with Crippen molar-refractivity contribution in [3.63, 3.8) is 0 Å². The molecule has 134 valence electrons. The summed E-state index contributed by atoms with van der Waals surface area (Å²) in [4.78, 5) is 23.8. The van der Waals surface area contributed by atoms with Crippen molar-refractivity contribution in [2.45, 2.75) is 19.3 Å². The van der Waals surface area contributed by atoms with Crippen LogP contribution in [0.25, 0.3) is 6.08 Å². The van der Waals surface area contributed by atoms with Gasteiger partial charge >= 0.3 is 5.97 Å². The van der Waals surface area contributed by atoms with Crippen molar-refractivity contribution in [3.8, 4) is 0 Å². The first-order valence-corrected chi connectivity index (χ1v) is 9.88. The Bertz CT molecular complexity index is 917. The lowest BCUT2D eigenvalue weighted by Gasteiger charge is -2.25. The fourth-order valence-corrected chi connectivity index (χ4v) is 4.36. The van der Waals surface area contributed by atoms with Crippen molar-refractivity contribution in [3.05, 3.63) is 50.6 Å². The van der Waals surface area contributed by atoms with E-state index in [2.05, 4.69) is 14.9 Å².